The number of rotatable bonds is 5. The molecule has 0 aliphatic heterocycles. The molecule has 5 heteroatoms. The Hall–Kier alpha value is 0.110. The van der Waals surface area contributed by atoms with Crippen LogP contribution in [0.2, 0.25) is 0 Å². The van der Waals surface area contributed by atoms with Gasteiger partial charge in [-0.3, -0.25) is 4.57 Å². The molecule has 0 aromatic heterocycles. The van der Waals surface area contributed by atoms with Crippen molar-refractivity contribution in [2.24, 2.45) is 0 Å². The first-order valence-corrected chi connectivity index (χ1v) is 5.29. The maximum atomic E-state index is 11.1. The molecule has 0 amide bonds. The average Bonchev–Trinajstić information content (AvgIpc) is 1.89. The third kappa shape index (κ3) is 3.34. The maximum absolute atomic E-state index is 11.1. The average molecular weight is 180 g/mol. The van der Waals surface area contributed by atoms with Gasteiger partial charge in [-0.15, -0.1) is 0 Å². The highest BCUT2D eigenvalue weighted by Gasteiger charge is 2.14. The Morgan fingerprint density at radius 3 is 2.09 bits per heavy atom. The van der Waals surface area contributed by atoms with Crippen molar-refractivity contribution in [3.63, 3.8) is 0 Å². The van der Waals surface area contributed by atoms with E-state index in [1.807, 2.05) is 0 Å². The molecule has 0 radical (unpaired) electrons. The molecule has 4 nitrogen and oxygen atoms in total. The summed E-state index contributed by atoms with van der Waals surface area (Å²) in [6.07, 6.45) is 0. The number of hydrogen-bond acceptors (Lipinski definition) is 3. The minimum Gasteiger partial charge on any atom is -0.766 e. The van der Waals surface area contributed by atoms with Crippen molar-refractivity contribution in [2.75, 3.05) is 19.7 Å². The Labute approximate surface area is 67.8 Å². The molecule has 0 aliphatic rings. The quantitative estimate of drug-likeness (QED) is 0.588. The second-order valence-electron chi connectivity index (χ2n) is 2.03. The van der Waals surface area contributed by atoms with Gasteiger partial charge in [0.05, 0.1) is 6.61 Å². The van der Waals surface area contributed by atoms with Gasteiger partial charge in [0.25, 0.3) is 0 Å². The smallest absolute Gasteiger partial charge is 0.207 e. The maximum Gasteiger partial charge on any atom is 0.207 e. The molecule has 0 aromatic rings. The molecule has 0 rings (SSSR count). The van der Waals surface area contributed by atoms with Crippen molar-refractivity contribution >= 4 is 7.75 Å². The Balaban J connectivity index is 4.13. The largest absolute Gasteiger partial charge is 0.766 e. The fraction of sp³-hybridized carbons (Fsp3) is 1.00. The van der Waals surface area contributed by atoms with Crippen LogP contribution in [0.1, 0.15) is 20.8 Å². The van der Waals surface area contributed by atoms with Crippen LogP contribution in [0.4, 0.5) is 0 Å². The topological polar surface area (TPSA) is 52.6 Å². The fourth-order valence-corrected chi connectivity index (χ4v) is 2.00. The monoisotopic (exact) mass is 180 g/mol. The second kappa shape index (κ2) is 4.88. The molecule has 1 unspecified atom stereocenters. The van der Waals surface area contributed by atoms with Crippen LogP contribution >= 0.6 is 7.75 Å². The van der Waals surface area contributed by atoms with Crippen molar-refractivity contribution in [1.82, 2.24) is 4.67 Å². The summed E-state index contributed by atoms with van der Waals surface area (Å²) < 4.78 is 17.0. The van der Waals surface area contributed by atoms with Crippen molar-refractivity contribution in [1.29, 1.82) is 0 Å². The van der Waals surface area contributed by atoms with Crippen LogP contribution in [0.3, 0.4) is 0 Å². The van der Waals surface area contributed by atoms with Gasteiger partial charge >= 0.3 is 0 Å². The molecule has 1 atom stereocenters. The molecule has 0 aliphatic carbocycles. The third-order valence-corrected chi connectivity index (χ3v) is 3.21. The van der Waals surface area contributed by atoms with E-state index >= 15 is 0 Å². The highest BCUT2D eigenvalue weighted by atomic mass is 31.2. The fourth-order valence-electron chi connectivity index (χ4n) is 0.815. The Morgan fingerprint density at radius 1 is 1.36 bits per heavy atom. The molecule has 0 saturated carbocycles. The summed E-state index contributed by atoms with van der Waals surface area (Å²) in [5.41, 5.74) is 0. The van der Waals surface area contributed by atoms with Crippen molar-refractivity contribution in [3.05, 3.63) is 0 Å². The van der Waals surface area contributed by atoms with E-state index in [2.05, 4.69) is 4.52 Å². The lowest BCUT2D eigenvalue weighted by molar-refractivity contribution is -0.212. The van der Waals surface area contributed by atoms with Gasteiger partial charge in [-0.1, -0.05) is 13.8 Å². The van der Waals surface area contributed by atoms with E-state index in [0.717, 1.165) is 0 Å². The van der Waals surface area contributed by atoms with Crippen LogP contribution in [0.5, 0.6) is 0 Å². The molecule has 68 valence electrons. The van der Waals surface area contributed by atoms with Gasteiger partial charge in [0.15, 0.2) is 0 Å². The number of nitrogens with zero attached hydrogens (tertiary/aromatic N) is 1. The van der Waals surface area contributed by atoms with E-state index in [4.69, 9.17) is 0 Å². The third-order valence-electron chi connectivity index (χ3n) is 1.37. The molecule has 11 heavy (non-hydrogen) atoms. The summed E-state index contributed by atoms with van der Waals surface area (Å²) >= 11 is 0. The summed E-state index contributed by atoms with van der Waals surface area (Å²) in [7, 11) is -3.72. The van der Waals surface area contributed by atoms with Gasteiger partial charge in [0.2, 0.25) is 7.75 Å². The van der Waals surface area contributed by atoms with Gasteiger partial charge in [-0.2, -0.15) is 0 Å². The zero-order valence-corrected chi connectivity index (χ0v) is 8.13. The predicted molar refractivity (Wildman–Crippen MR) is 42.2 cm³/mol. The minimum absolute atomic E-state index is 0.206. The number of hydrogen-bond donors (Lipinski definition) is 0. The summed E-state index contributed by atoms with van der Waals surface area (Å²) in [6, 6.07) is 0. The first-order chi connectivity index (χ1) is 5.08. The molecule has 0 saturated heterocycles. The van der Waals surface area contributed by atoms with E-state index in [0.29, 0.717) is 13.1 Å². The summed E-state index contributed by atoms with van der Waals surface area (Å²) in [6.45, 7) is 6.38. The van der Waals surface area contributed by atoms with Gasteiger partial charge in [0, 0.05) is 13.1 Å². The lowest BCUT2D eigenvalue weighted by Gasteiger charge is -2.33. The van der Waals surface area contributed by atoms with Crippen LogP contribution in [-0.4, -0.2) is 24.4 Å². The highest BCUT2D eigenvalue weighted by molar-refractivity contribution is 7.48. The van der Waals surface area contributed by atoms with E-state index in [1.165, 1.54) is 4.67 Å². The molecule has 0 heterocycles. The van der Waals surface area contributed by atoms with Gasteiger partial charge in [-0.25, -0.2) is 4.67 Å². The summed E-state index contributed by atoms with van der Waals surface area (Å²) in [5.74, 6) is 0. The van der Waals surface area contributed by atoms with Crippen LogP contribution < -0.4 is 4.89 Å². The SMILES string of the molecule is CCOP(=O)([O-])N(CC)CC. The highest BCUT2D eigenvalue weighted by Crippen LogP contribution is 2.40. The Morgan fingerprint density at radius 2 is 1.82 bits per heavy atom. The molecule has 0 aromatic carbocycles. The first kappa shape index (κ1) is 11.1. The standard InChI is InChI=1S/C6H16NO3P/c1-4-7(5-2)11(8,9)10-6-3/h4-6H2,1-3H3,(H,8,9)/p-1. The molecule has 0 spiro atoms. The Kier molecular flexibility index (Phi) is 4.93. The van der Waals surface area contributed by atoms with Crippen LogP contribution in [0.25, 0.3) is 0 Å². The van der Waals surface area contributed by atoms with E-state index in [1.54, 1.807) is 20.8 Å². The minimum atomic E-state index is -3.72. The normalized spacial score (nSPS) is 16.8. The second-order valence-corrected chi connectivity index (χ2v) is 3.79. The van der Waals surface area contributed by atoms with Crippen LogP contribution in [0.15, 0.2) is 0 Å². The predicted octanol–water partition coefficient (Wildman–Crippen LogP) is 0.833. The molecule has 0 N–H and O–H groups in total. The first-order valence-electron chi connectivity index (χ1n) is 3.79. The molecular weight excluding hydrogens is 165 g/mol. The molecule has 0 fully saturated rings. The summed E-state index contributed by atoms with van der Waals surface area (Å²) in [5, 5.41) is 0. The Bertz CT molecular complexity index is 147. The van der Waals surface area contributed by atoms with E-state index in [-0.39, 0.29) is 6.61 Å². The van der Waals surface area contributed by atoms with Crippen molar-refractivity contribution in [2.45, 2.75) is 20.8 Å². The van der Waals surface area contributed by atoms with Crippen molar-refractivity contribution in [3.8, 4) is 0 Å². The van der Waals surface area contributed by atoms with Crippen molar-refractivity contribution < 1.29 is 14.0 Å². The molecular formula is C6H15NO3P-. The van der Waals surface area contributed by atoms with E-state index in [9.17, 15) is 9.46 Å². The summed E-state index contributed by atoms with van der Waals surface area (Å²) in [4.78, 5) is 11.1. The molecule has 0 bridgehead atoms. The lowest BCUT2D eigenvalue weighted by Crippen LogP contribution is -2.27. The van der Waals surface area contributed by atoms with Crippen LogP contribution in [-0.2, 0) is 9.09 Å². The van der Waals surface area contributed by atoms with Gasteiger partial charge in [0.1, 0.15) is 0 Å². The zero-order valence-electron chi connectivity index (χ0n) is 7.24. The van der Waals surface area contributed by atoms with E-state index < -0.39 is 7.75 Å². The lowest BCUT2D eigenvalue weighted by atomic mass is 10.7. The van der Waals surface area contributed by atoms with Gasteiger partial charge in [-0.05, 0) is 6.92 Å². The van der Waals surface area contributed by atoms with Crippen LogP contribution in [0, 0.1) is 0 Å². The zero-order chi connectivity index (χ0) is 8.91. The van der Waals surface area contributed by atoms with Gasteiger partial charge < -0.3 is 9.42 Å².